The van der Waals surface area contributed by atoms with E-state index in [-0.39, 0.29) is 0 Å². The minimum absolute atomic E-state index is 0.454. The van der Waals surface area contributed by atoms with Crippen molar-refractivity contribution in [3.05, 3.63) is 357 Å². The Morgan fingerprint density at radius 3 is 0.951 bits per heavy atom. The maximum atomic E-state index is 10.8. The zero-order chi connectivity index (χ0) is 68.1. The number of benzene rings is 13. The van der Waals surface area contributed by atoms with Crippen LogP contribution in [0.4, 0.5) is 0 Å². The molecule has 13 aromatic carbocycles. The number of fused-ring (bicyclic) bond motifs is 1. The van der Waals surface area contributed by atoms with Crippen LogP contribution >= 0.6 is 0 Å². The molecule has 0 saturated heterocycles. The van der Waals surface area contributed by atoms with Crippen LogP contribution < -0.4 is 0 Å². The summed E-state index contributed by atoms with van der Waals surface area (Å²) in [5.41, 5.74) is 21.8. The molecule has 0 bridgehead atoms. The number of rotatable bonds is 15. The van der Waals surface area contributed by atoms with E-state index in [1.54, 1.807) is 0 Å². The first-order chi connectivity index (χ1) is 50.5. The Morgan fingerprint density at radius 2 is 0.480 bits per heavy atom. The first-order valence-corrected chi connectivity index (χ1v) is 33.7. The highest BCUT2D eigenvalue weighted by atomic mass is 15.0. The fourth-order valence-corrected chi connectivity index (χ4v) is 13.2. The second-order valence-corrected chi connectivity index (χ2v) is 24.7. The molecule has 4 heterocycles. The van der Waals surface area contributed by atoms with Crippen LogP contribution in [0, 0.1) is 11.3 Å². The SMILES string of the molecule is N#Cc1cc(-c2cc(-c3ccccc3)nc(-c3ccccc3)n2)cc(-c2nc(-c3ccccc3)c(-c3cccc(-c4ccc(-c5nc(-c6ccccc6)c(-c6ccc(-c7nc(-c8ccccc8)nc(-c8ccccc8)n7)c7ccccc67)nc5-c5ccccc5)cc4)c3)nc2-c2ccccc2)c1. The fourth-order valence-electron chi connectivity index (χ4n) is 13.2. The molecule has 4 aromatic heterocycles. The van der Waals surface area contributed by atoms with E-state index in [2.05, 4.69) is 146 Å². The van der Waals surface area contributed by atoms with Crippen molar-refractivity contribution >= 4 is 10.8 Å². The third-order valence-electron chi connectivity index (χ3n) is 18.2. The number of nitriles is 1. The molecule has 0 atom stereocenters. The highest BCUT2D eigenvalue weighted by Crippen LogP contribution is 2.44. The predicted molar refractivity (Wildman–Crippen MR) is 410 cm³/mol. The molecule has 0 spiro atoms. The van der Waals surface area contributed by atoms with E-state index in [1.165, 1.54) is 0 Å². The molecule has 102 heavy (non-hydrogen) atoms. The van der Waals surface area contributed by atoms with Gasteiger partial charge in [0.15, 0.2) is 23.3 Å². The Labute approximate surface area is 590 Å². The van der Waals surface area contributed by atoms with Gasteiger partial charge in [0, 0.05) is 77.9 Å². The third kappa shape index (κ3) is 12.3. The molecule has 10 heteroatoms. The first-order valence-electron chi connectivity index (χ1n) is 33.7. The minimum Gasteiger partial charge on any atom is -0.243 e. The Kier molecular flexibility index (Phi) is 16.5. The minimum atomic E-state index is 0.454. The highest BCUT2D eigenvalue weighted by Gasteiger charge is 2.26. The summed E-state index contributed by atoms with van der Waals surface area (Å²) in [5.74, 6) is 2.33. The first kappa shape index (κ1) is 61.5. The van der Waals surface area contributed by atoms with Crippen molar-refractivity contribution in [2.45, 2.75) is 0 Å². The molecule has 0 aliphatic carbocycles. The van der Waals surface area contributed by atoms with E-state index >= 15 is 0 Å². The summed E-state index contributed by atoms with van der Waals surface area (Å²) < 4.78 is 0. The molecule has 0 fully saturated rings. The van der Waals surface area contributed by atoms with Gasteiger partial charge in [-0.3, -0.25) is 0 Å². The number of hydrogen-bond acceptors (Lipinski definition) is 10. The lowest BCUT2D eigenvalue weighted by Crippen LogP contribution is -2.02. The van der Waals surface area contributed by atoms with Crippen LogP contribution in [-0.4, -0.2) is 44.9 Å². The summed E-state index contributed by atoms with van der Waals surface area (Å²) in [7, 11) is 0. The molecule has 476 valence electrons. The summed E-state index contributed by atoms with van der Waals surface area (Å²) >= 11 is 0. The van der Waals surface area contributed by atoms with Gasteiger partial charge >= 0.3 is 0 Å². The molecule has 17 aromatic rings. The molecule has 0 aliphatic rings. The number of nitrogens with zero attached hydrogens (tertiary/aromatic N) is 10. The molecule has 0 aliphatic heterocycles. The normalized spacial score (nSPS) is 11.1. The molecule has 0 radical (unpaired) electrons. The summed E-state index contributed by atoms with van der Waals surface area (Å²) in [6.45, 7) is 0. The van der Waals surface area contributed by atoms with Crippen LogP contribution in [0.15, 0.2) is 352 Å². The third-order valence-corrected chi connectivity index (χ3v) is 18.2. The Morgan fingerprint density at radius 1 is 0.176 bits per heavy atom. The Hall–Kier alpha value is -14.1. The maximum Gasteiger partial charge on any atom is 0.164 e. The second-order valence-electron chi connectivity index (χ2n) is 24.7. The van der Waals surface area contributed by atoms with Gasteiger partial charge in [-0.05, 0) is 58.3 Å². The molecular formula is C92H58N10. The van der Waals surface area contributed by atoms with Crippen LogP contribution in [-0.2, 0) is 0 Å². The van der Waals surface area contributed by atoms with Crippen molar-refractivity contribution < 1.29 is 0 Å². The van der Waals surface area contributed by atoms with Gasteiger partial charge in [0.05, 0.1) is 68.6 Å². The molecule has 17 rings (SSSR count). The van der Waals surface area contributed by atoms with Crippen LogP contribution in [0.1, 0.15) is 5.56 Å². The van der Waals surface area contributed by atoms with E-state index in [1.807, 2.05) is 212 Å². The van der Waals surface area contributed by atoms with Crippen LogP contribution in [0.25, 0.3) is 180 Å². The van der Waals surface area contributed by atoms with E-state index in [0.717, 1.165) is 128 Å². The monoisotopic (exact) mass is 1300 g/mol. The van der Waals surface area contributed by atoms with E-state index < -0.39 is 0 Å². The lowest BCUT2D eigenvalue weighted by Gasteiger charge is -2.18. The molecule has 0 amide bonds. The summed E-state index contributed by atoms with van der Waals surface area (Å²) in [6, 6.07) is 121. The summed E-state index contributed by atoms with van der Waals surface area (Å²) in [4.78, 5) is 48.4. The molecule has 0 N–H and O–H groups in total. The van der Waals surface area contributed by atoms with Crippen molar-refractivity contribution in [2.24, 2.45) is 0 Å². The lowest BCUT2D eigenvalue weighted by molar-refractivity contribution is 1.08. The van der Waals surface area contributed by atoms with Crippen molar-refractivity contribution in [1.29, 1.82) is 5.26 Å². The van der Waals surface area contributed by atoms with Crippen LogP contribution in [0.5, 0.6) is 0 Å². The van der Waals surface area contributed by atoms with Crippen molar-refractivity contribution in [3.8, 4) is 175 Å². The Balaban J connectivity index is 0.775. The number of hydrogen-bond donors (Lipinski definition) is 0. The molecular weight excluding hydrogens is 1250 g/mol. The van der Waals surface area contributed by atoms with Crippen molar-refractivity contribution in [1.82, 2.24) is 44.9 Å². The highest BCUT2D eigenvalue weighted by molar-refractivity contribution is 6.06. The quantitative estimate of drug-likeness (QED) is 0.0974. The van der Waals surface area contributed by atoms with Gasteiger partial charge in [-0.25, -0.2) is 44.9 Å². The van der Waals surface area contributed by atoms with Gasteiger partial charge in [0.25, 0.3) is 0 Å². The predicted octanol–water partition coefficient (Wildman–Crippen LogP) is 22.3. The zero-order valence-corrected chi connectivity index (χ0v) is 55.0. The maximum absolute atomic E-state index is 10.8. The zero-order valence-electron chi connectivity index (χ0n) is 55.0. The fraction of sp³-hybridized carbons (Fsp3) is 0. The average Bonchev–Trinajstić information content (AvgIpc) is 0.767. The van der Waals surface area contributed by atoms with Gasteiger partial charge in [-0.15, -0.1) is 0 Å². The summed E-state index contributed by atoms with van der Waals surface area (Å²) in [5, 5.41) is 12.8. The van der Waals surface area contributed by atoms with Gasteiger partial charge in [0.1, 0.15) is 0 Å². The van der Waals surface area contributed by atoms with Crippen LogP contribution in [0.2, 0.25) is 0 Å². The molecule has 0 unspecified atom stereocenters. The van der Waals surface area contributed by atoms with Crippen molar-refractivity contribution in [3.63, 3.8) is 0 Å². The molecule has 0 saturated carbocycles. The smallest absolute Gasteiger partial charge is 0.164 e. The second kappa shape index (κ2) is 27.4. The lowest BCUT2D eigenvalue weighted by atomic mass is 9.93. The van der Waals surface area contributed by atoms with E-state index in [4.69, 9.17) is 44.9 Å². The standard InChI is InChI=1S/C92H58N10/c93-59-60-54-73(80-58-79(62-28-9-1-10-29-62)94-89(95-80)68-38-19-6-20-39-68)57-74(55-60)87-83(65-34-15-4-16-35-65)97-86(82(98-87)64-32-13-3-14-33-64)72-45-27-44-71(56-72)61-48-50-67(51-49-61)84-81(63-30-11-2-12-31-63)99-88(85(96-84)66-36-17-5-18-37-66)77-52-53-78(76-47-26-25-46-75(76)77)92-101-90(69-40-21-7-22-41-69)100-91(102-92)70-42-23-8-24-43-70/h1-58H. The van der Waals surface area contributed by atoms with E-state index in [9.17, 15) is 5.26 Å². The topological polar surface area (TPSA) is 140 Å². The largest absolute Gasteiger partial charge is 0.243 e. The van der Waals surface area contributed by atoms with Gasteiger partial charge in [-0.1, -0.05) is 315 Å². The van der Waals surface area contributed by atoms with Crippen LogP contribution in [0.3, 0.4) is 0 Å². The Bertz CT molecular complexity index is 5850. The summed E-state index contributed by atoms with van der Waals surface area (Å²) in [6.07, 6.45) is 0. The van der Waals surface area contributed by atoms with Gasteiger partial charge < -0.3 is 0 Å². The van der Waals surface area contributed by atoms with Gasteiger partial charge in [-0.2, -0.15) is 5.26 Å². The number of aromatic nitrogens is 9. The van der Waals surface area contributed by atoms with E-state index in [0.29, 0.717) is 57.3 Å². The van der Waals surface area contributed by atoms with Gasteiger partial charge in [0.2, 0.25) is 0 Å². The molecule has 10 nitrogen and oxygen atoms in total. The van der Waals surface area contributed by atoms with Crippen molar-refractivity contribution in [2.75, 3.05) is 0 Å². The average molecular weight is 1300 g/mol.